The van der Waals surface area contributed by atoms with Crippen LogP contribution >= 0.6 is 0 Å². The van der Waals surface area contributed by atoms with Gasteiger partial charge in [-0.2, -0.15) is 0 Å². The van der Waals surface area contributed by atoms with E-state index in [9.17, 15) is 19.1 Å². The van der Waals surface area contributed by atoms with Crippen molar-refractivity contribution in [2.75, 3.05) is 52.7 Å². The average Bonchev–Trinajstić information content (AvgIpc) is 2.85. The zero-order valence-electron chi connectivity index (χ0n) is 21.9. The number of aromatic nitrogens is 1. The summed E-state index contributed by atoms with van der Waals surface area (Å²) in [6, 6.07) is 6.44. The third-order valence-electron chi connectivity index (χ3n) is 6.03. The van der Waals surface area contributed by atoms with E-state index >= 15 is 0 Å². The van der Waals surface area contributed by atoms with Crippen LogP contribution in [0.25, 0.3) is 0 Å². The Bertz CT molecular complexity index is 1180. The molecule has 2 aromatic rings. The molecule has 0 spiro atoms. The molecule has 0 aliphatic carbocycles. The normalized spacial score (nSPS) is 18.1. The van der Waals surface area contributed by atoms with Gasteiger partial charge >= 0.3 is 6.03 Å². The number of pyridine rings is 1. The zero-order chi connectivity index (χ0) is 27.1. The lowest BCUT2D eigenvalue weighted by Crippen LogP contribution is -2.50. The molecule has 10 heteroatoms. The van der Waals surface area contributed by atoms with Crippen LogP contribution in [0.1, 0.15) is 29.8 Å². The second-order valence-corrected chi connectivity index (χ2v) is 9.56. The summed E-state index contributed by atoms with van der Waals surface area (Å²) in [7, 11) is 5.44. The predicted octanol–water partition coefficient (Wildman–Crippen LogP) is 2.52. The second kappa shape index (κ2) is 12.5. The number of aliphatic hydroxyl groups excluding tert-OH is 1. The molecule has 1 aliphatic rings. The number of nitrogens with zero attached hydrogens (tertiary/aromatic N) is 4. The van der Waals surface area contributed by atoms with E-state index in [2.05, 4.69) is 22.1 Å². The molecule has 0 unspecified atom stereocenters. The number of hydrogen-bond acceptors (Lipinski definition) is 6. The molecule has 3 atom stereocenters. The van der Waals surface area contributed by atoms with E-state index in [1.165, 1.54) is 23.1 Å². The van der Waals surface area contributed by atoms with E-state index in [1.807, 2.05) is 25.9 Å². The molecule has 1 aromatic carbocycles. The average molecular weight is 512 g/mol. The maximum Gasteiger partial charge on any atom is 0.321 e. The van der Waals surface area contributed by atoms with E-state index < -0.39 is 24.0 Å². The van der Waals surface area contributed by atoms with Crippen LogP contribution in [-0.2, 0) is 0 Å². The molecule has 2 N–H and O–H groups in total. The lowest BCUT2D eigenvalue weighted by atomic mass is 10.00. The third kappa shape index (κ3) is 7.41. The first kappa shape index (κ1) is 27.9. The van der Waals surface area contributed by atoms with E-state index in [-0.39, 0.29) is 36.4 Å². The number of likely N-dealkylation sites (N-methyl/N-ethyl adjacent to an activating group) is 1. The first-order valence-corrected chi connectivity index (χ1v) is 12.1. The Kier molecular flexibility index (Phi) is 9.44. The summed E-state index contributed by atoms with van der Waals surface area (Å²) >= 11 is 0. The van der Waals surface area contributed by atoms with Gasteiger partial charge in [-0.05, 0) is 45.3 Å². The van der Waals surface area contributed by atoms with Crippen molar-refractivity contribution in [3.05, 3.63) is 53.5 Å². The van der Waals surface area contributed by atoms with Gasteiger partial charge in [-0.15, -0.1) is 0 Å². The Hall–Kier alpha value is -3.68. The van der Waals surface area contributed by atoms with Gasteiger partial charge in [0.2, 0.25) is 5.88 Å². The van der Waals surface area contributed by atoms with Gasteiger partial charge in [0, 0.05) is 37.0 Å². The van der Waals surface area contributed by atoms with Crippen molar-refractivity contribution in [3.8, 4) is 17.7 Å². The van der Waals surface area contributed by atoms with Gasteiger partial charge < -0.3 is 25.0 Å². The largest absolute Gasteiger partial charge is 0.472 e. The highest BCUT2D eigenvalue weighted by molar-refractivity contribution is 5.97. The summed E-state index contributed by atoms with van der Waals surface area (Å²) in [6.45, 7) is 4.53. The Morgan fingerprint density at radius 2 is 2.11 bits per heavy atom. The second-order valence-electron chi connectivity index (χ2n) is 9.56. The lowest BCUT2D eigenvalue weighted by Gasteiger charge is -2.37. The molecule has 3 rings (SSSR count). The van der Waals surface area contributed by atoms with Crippen LogP contribution in [0.15, 0.2) is 36.5 Å². The highest BCUT2D eigenvalue weighted by atomic mass is 19.1. The van der Waals surface area contributed by atoms with Crippen LogP contribution in [-0.4, -0.2) is 96.3 Å². The minimum atomic E-state index is -0.512. The summed E-state index contributed by atoms with van der Waals surface area (Å²) in [4.78, 5) is 35.6. The van der Waals surface area contributed by atoms with Gasteiger partial charge in [0.15, 0.2) is 0 Å². The van der Waals surface area contributed by atoms with Crippen molar-refractivity contribution in [1.29, 1.82) is 0 Å². The Labute approximate surface area is 217 Å². The fourth-order valence-corrected chi connectivity index (χ4v) is 3.83. The van der Waals surface area contributed by atoms with Gasteiger partial charge in [-0.1, -0.05) is 24.8 Å². The SMILES string of the molecule is C[C@@H]1CN([C@H](C)CO)C(=O)c2cc(C#CCN(C)C)cnc2O[C@@H]1CN(C)C(=O)Nc1cccc(F)c1. The van der Waals surface area contributed by atoms with Crippen molar-refractivity contribution in [3.63, 3.8) is 0 Å². The van der Waals surface area contributed by atoms with E-state index in [0.29, 0.717) is 24.3 Å². The summed E-state index contributed by atoms with van der Waals surface area (Å²) in [6.07, 6.45) is 1.04. The van der Waals surface area contributed by atoms with Gasteiger partial charge in [0.25, 0.3) is 5.91 Å². The number of halogens is 1. The summed E-state index contributed by atoms with van der Waals surface area (Å²) < 4.78 is 19.7. The molecule has 0 radical (unpaired) electrons. The number of urea groups is 1. The highest BCUT2D eigenvalue weighted by Crippen LogP contribution is 2.27. The van der Waals surface area contributed by atoms with Gasteiger partial charge in [0.1, 0.15) is 17.5 Å². The molecule has 9 nitrogen and oxygen atoms in total. The Morgan fingerprint density at radius 3 is 2.78 bits per heavy atom. The molecule has 1 aliphatic heterocycles. The topological polar surface area (TPSA) is 98.2 Å². The fraction of sp³-hybridized carbons (Fsp3) is 0.444. The highest BCUT2D eigenvalue weighted by Gasteiger charge is 2.34. The number of nitrogens with one attached hydrogen (secondary N) is 1. The monoisotopic (exact) mass is 511 g/mol. The fourth-order valence-electron chi connectivity index (χ4n) is 3.83. The van der Waals surface area contributed by atoms with Crippen molar-refractivity contribution in [1.82, 2.24) is 19.7 Å². The van der Waals surface area contributed by atoms with Crippen LogP contribution in [0.3, 0.4) is 0 Å². The number of carbonyl (C=O) groups is 2. The minimum absolute atomic E-state index is 0.147. The maximum absolute atomic E-state index is 13.5. The Morgan fingerprint density at radius 1 is 1.35 bits per heavy atom. The standard InChI is InChI=1S/C27H34FN5O4/c1-18-15-33(19(2)17-34)26(35)23-12-20(8-7-11-31(3)4)14-29-25(23)37-24(18)16-32(5)27(36)30-22-10-6-9-21(28)13-22/h6,9-10,12-14,18-19,24,34H,11,15-17H2,1-5H3,(H,30,36)/t18-,19-,24-/m1/s1. The smallest absolute Gasteiger partial charge is 0.321 e. The molecule has 37 heavy (non-hydrogen) atoms. The number of ether oxygens (including phenoxy) is 1. The number of benzene rings is 1. The van der Waals surface area contributed by atoms with Gasteiger partial charge in [-0.3, -0.25) is 9.69 Å². The van der Waals surface area contributed by atoms with Gasteiger partial charge in [-0.25, -0.2) is 14.2 Å². The molecule has 198 valence electrons. The van der Waals surface area contributed by atoms with Crippen LogP contribution in [0, 0.1) is 23.6 Å². The van der Waals surface area contributed by atoms with Crippen molar-refractivity contribution >= 4 is 17.6 Å². The molecule has 1 aromatic heterocycles. The first-order chi connectivity index (χ1) is 17.6. The molecule has 0 saturated carbocycles. The van der Waals surface area contributed by atoms with Crippen LogP contribution in [0.5, 0.6) is 5.88 Å². The molecular formula is C27H34FN5O4. The molecule has 0 saturated heterocycles. The first-order valence-electron chi connectivity index (χ1n) is 12.1. The van der Waals surface area contributed by atoms with Gasteiger partial charge in [0.05, 0.1) is 25.7 Å². The van der Waals surface area contributed by atoms with E-state index in [1.54, 1.807) is 37.2 Å². The van der Waals surface area contributed by atoms with Crippen molar-refractivity contribution in [2.24, 2.45) is 5.92 Å². The molecule has 0 fully saturated rings. The number of anilines is 1. The molecule has 3 amide bonds. The zero-order valence-corrected chi connectivity index (χ0v) is 21.9. The van der Waals surface area contributed by atoms with Crippen molar-refractivity contribution < 1.29 is 23.8 Å². The van der Waals surface area contributed by atoms with E-state index in [4.69, 9.17) is 4.74 Å². The summed E-state index contributed by atoms with van der Waals surface area (Å²) in [5.74, 6) is 5.24. The number of hydrogen-bond donors (Lipinski definition) is 2. The number of carbonyl (C=O) groups excluding carboxylic acids is 2. The number of aliphatic hydroxyl groups is 1. The van der Waals surface area contributed by atoms with Crippen molar-refractivity contribution in [2.45, 2.75) is 26.0 Å². The maximum atomic E-state index is 13.5. The van der Waals surface area contributed by atoms with Crippen LogP contribution in [0.2, 0.25) is 0 Å². The number of rotatable bonds is 6. The summed E-state index contributed by atoms with van der Waals surface area (Å²) in [5, 5.41) is 12.5. The molecule has 0 bridgehead atoms. The molecular weight excluding hydrogens is 477 g/mol. The number of amides is 3. The quantitative estimate of drug-likeness (QED) is 0.579. The Balaban J connectivity index is 1.87. The number of fused-ring (bicyclic) bond motifs is 1. The predicted molar refractivity (Wildman–Crippen MR) is 139 cm³/mol. The minimum Gasteiger partial charge on any atom is -0.472 e. The summed E-state index contributed by atoms with van der Waals surface area (Å²) in [5.41, 5.74) is 1.17. The lowest BCUT2D eigenvalue weighted by molar-refractivity contribution is 0.0356. The third-order valence-corrected chi connectivity index (χ3v) is 6.03. The van der Waals surface area contributed by atoms with E-state index in [0.717, 1.165) is 0 Å². The van der Waals surface area contributed by atoms with Crippen LogP contribution in [0.4, 0.5) is 14.9 Å². The van der Waals surface area contributed by atoms with Crippen LogP contribution < -0.4 is 10.1 Å². The molecule has 2 heterocycles.